The molecule has 5 heteroatoms. The number of ether oxygens (including phenoxy) is 1. The zero-order valence-corrected chi connectivity index (χ0v) is 18.9. The van der Waals surface area contributed by atoms with E-state index in [4.69, 9.17) is 14.1 Å². The van der Waals surface area contributed by atoms with Crippen LogP contribution in [-0.2, 0) is 11.2 Å². The van der Waals surface area contributed by atoms with Gasteiger partial charge in [0.2, 0.25) is 0 Å². The predicted molar refractivity (Wildman–Crippen MR) is 128 cm³/mol. The van der Waals surface area contributed by atoms with Gasteiger partial charge < -0.3 is 19.1 Å². The highest BCUT2D eigenvalue weighted by Crippen LogP contribution is 2.44. The molecule has 0 N–H and O–H groups in total. The third-order valence-electron chi connectivity index (χ3n) is 6.46. The van der Waals surface area contributed by atoms with Gasteiger partial charge in [-0.05, 0) is 42.9 Å². The van der Waals surface area contributed by atoms with Gasteiger partial charge in [-0.3, -0.25) is 0 Å². The maximum Gasteiger partial charge on any atom is 0.198 e. The Hall–Kier alpha value is -3.86. The number of nitrogens with zero attached hydrogens (tertiary/aromatic N) is 1. The number of oxazole rings is 1. The lowest BCUT2D eigenvalue weighted by Gasteiger charge is -2.17. The first-order valence-electron chi connectivity index (χ1n) is 11.7. The van der Waals surface area contributed by atoms with Crippen molar-refractivity contribution in [1.82, 2.24) is 4.98 Å². The summed E-state index contributed by atoms with van der Waals surface area (Å²) in [5, 5.41) is 10.7. The first-order valence-corrected chi connectivity index (χ1v) is 11.7. The number of benzene rings is 3. The number of carboxylic acids is 1. The van der Waals surface area contributed by atoms with E-state index < -0.39 is 12.6 Å². The molecule has 0 saturated heterocycles. The van der Waals surface area contributed by atoms with Crippen molar-refractivity contribution in [1.29, 1.82) is 0 Å². The van der Waals surface area contributed by atoms with Crippen LogP contribution >= 0.6 is 0 Å². The van der Waals surface area contributed by atoms with E-state index in [0.717, 1.165) is 59.7 Å². The largest absolute Gasteiger partial charge is 0.546 e. The minimum Gasteiger partial charge on any atom is -0.546 e. The van der Waals surface area contributed by atoms with E-state index >= 15 is 0 Å². The second kappa shape index (κ2) is 9.96. The summed E-state index contributed by atoms with van der Waals surface area (Å²) in [7, 11) is 0. The van der Waals surface area contributed by atoms with Crippen LogP contribution in [0.2, 0.25) is 0 Å². The fourth-order valence-electron chi connectivity index (χ4n) is 4.89. The third-order valence-corrected chi connectivity index (χ3v) is 6.46. The molecule has 1 aromatic heterocycles. The van der Waals surface area contributed by atoms with Crippen molar-refractivity contribution >= 4 is 5.97 Å². The second-order valence-electron chi connectivity index (χ2n) is 8.77. The SMILES string of the molecule is O=C([O-])COc1cccc(C[C@@H]2CCC[C@@H]2c2nc(-c3ccccc3)c(-c3ccccc3)o2)c1. The number of carboxylic acid groups (broad SMARTS) is 1. The van der Waals surface area contributed by atoms with Gasteiger partial charge >= 0.3 is 0 Å². The van der Waals surface area contributed by atoms with E-state index in [-0.39, 0.29) is 5.92 Å². The van der Waals surface area contributed by atoms with E-state index in [2.05, 4.69) is 30.3 Å². The Bertz CT molecular complexity index is 1190. The summed E-state index contributed by atoms with van der Waals surface area (Å²) in [5.41, 5.74) is 4.06. The second-order valence-corrected chi connectivity index (χ2v) is 8.77. The molecule has 2 atom stereocenters. The molecule has 1 saturated carbocycles. The predicted octanol–water partition coefficient (Wildman–Crippen LogP) is 5.26. The molecule has 0 unspecified atom stereocenters. The topological polar surface area (TPSA) is 75.4 Å². The maximum absolute atomic E-state index is 10.7. The minimum absolute atomic E-state index is 0.229. The summed E-state index contributed by atoms with van der Waals surface area (Å²) < 4.78 is 11.8. The van der Waals surface area contributed by atoms with Crippen molar-refractivity contribution in [2.75, 3.05) is 6.61 Å². The van der Waals surface area contributed by atoms with Crippen LogP contribution in [0.3, 0.4) is 0 Å². The summed E-state index contributed by atoms with van der Waals surface area (Å²) >= 11 is 0. The highest BCUT2D eigenvalue weighted by atomic mass is 16.5. The average Bonchev–Trinajstić information content (AvgIpc) is 3.51. The smallest absolute Gasteiger partial charge is 0.198 e. The van der Waals surface area contributed by atoms with E-state index in [9.17, 15) is 9.90 Å². The van der Waals surface area contributed by atoms with Crippen LogP contribution in [0.1, 0.15) is 36.6 Å². The van der Waals surface area contributed by atoms with E-state index in [1.54, 1.807) is 6.07 Å². The highest BCUT2D eigenvalue weighted by molar-refractivity contribution is 5.76. The lowest BCUT2D eigenvalue weighted by molar-refractivity contribution is -0.307. The molecular formula is C29H26NO4-. The molecule has 3 aromatic carbocycles. The molecule has 0 spiro atoms. The summed E-state index contributed by atoms with van der Waals surface area (Å²) in [5.74, 6) is 1.54. The quantitative estimate of drug-likeness (QED) is 0.364. The number of aliphatic carboxylic acids is 1. The number of carbonyl (C=O) groups is 1. The van der Waals surface area contributed by atoms with Crippen LogP contribution in [0.4, 0.5) is 0 Å². The van der Waals surface area contributed by atoms with Gasteiger partial charge in [0.15, 0.2) is 11.7 Å². The van der Waals surface area contributed by atoms with Crippen LogP contribution in [0.5, 0.6) is 5.75 Å². The fourth-order valence-corrected chi connectivity index (χ4v) is 4.89. The number of hydrogen-bond donors (Lipinski definition) is 0. The monoisotopic (exact) mass is 452 g/mol. The highest BCUT2D eigenvalue weighted by Gasteiger charge is 2.33. The molecule has 4 aromatic rings. The number of carbonyl (C=O) groups excluding carboxylic acids is 1. The van der Waals surface area contributed by atoms with E-state index in [1.807, 2.05) is 48.5 Å². The van der Waals surface area contributed by atoms with Gasteiger partial charge in [-0.25, -0.2) is 4.98 Å². The van der Waals surface area contributed by atoms with Gasteiger partial charge in [-0.15, -0.1) is 0 Å². The van der Waals surface area contributed by atoms with Gasteiger partial charge in [-0.2, -0.15) is 0 Å². The number of hydrogen-bond acceptors (Lipinski definition) is 5. The van der Waals surface area contributed by atoms with Gasteiger partial charge in [-0.1, -0.05) is 79.2 Å². The zero-order chi connectivity index (χ0) is 23.3. The first-order chi connectivity index (χ1) is 16.7. The Morgan fingerprint density at radius 3 is 2.41 bits per heavy atom. The number of rotatable bonds is 8. The van der Waals surface area contributed by atoms with Crippen molar-refractivity contribution < 1.29 is 19.1 Å². The molecule has 0 aliphatic heterocycles. The molecule has 172 valence electrons. The molecule has 1 aliphatic carbocycles. The Labute approximate surface area is 199 Å². The zero-order valence-electron chi connectivity index (χ0n) is 18.9. The van der Waals surface area contributed by atoms with Crippen molar-refractivity contribution in [3.05, 3.63) is 96.4 Å². The Kier molecular flexibility index (Phi) is 6.43. The minimum atomic E-state index is -1.23. The van der Waals surface area contributed by atoms with Gasteiger partial charge in [0.25, 0.3) is 0 Å². The van der Waals surface area contributed by atoms with Crippen molar-refractivity contribution in [3.63, 3.8) is 0 Å². The summed E-state index contributed by atoms with van der Waals surface area (Å²) in [6.45, 7) is -0.448. The standard InChI is InChI=1S/C29H27NO4/c31-26(32)19-33-24-15-7-9-20(18-24)17-23-14-8-16-25(23)29-30-27(21-10-3-1-4-11-21)28(34-29)22-12-5-2-6-13-22/h1-7,9-13,15,18,23,25H,8,14,16-17,19H2,(H,31,32)/p-1/t23-,25-/m0/s1. The normalized spacial score (nSPS) is 17.5. The molecular weight excluding hydrogens is 426 g/mol. The van der Waals surface area contributed by atoms with Gasteiger partial charge in [0.1, 0.15) is 18.1 Å². The summed E-state index contributed by atoms with van der Waals surface area (Å²) in [6, 6.07) is 28.0. The number of aromatic nitrogens is 1. The van der Waals surface area contributed by atoms with Crippen molar-refractivity contribution in [2.45, 2.75) is 31.6 Å². The molecule has 1 fully saturated rings. The molecule has 1 heterocycles. The Balaban J connectivity index is 1.43. The van der Waals surface area contributed by atoms with Crippen molar-refractivity contribution in [2.24, 2.45) is 5.92 Å². The molecule has 0 amide bonds. The van der Waals surface area contributed by atoms with Crippen LogP contribution < -0.4 is 9.84 Å². The Morgan fingerprint density at radius 2 is 1.68 bits per heavy atom. The molecule has 1 aliphatic rings. The van der Waals surface area contributed by atoms with Gasteiger partial charge in [0, 0.05) is 17.0 Å². The lowest BCUT2D eigenvalue weighted by atomic mass is 9.89. The van der Waals surface area contributed by atoms with Gasteiger partial charge in [0.05, 0.1) is 5.97 Å². The van der Waals surface area contributed by atoms with Crippen LogP contribution in [-0.4, -0.2) is 17.6 Å². The molecule has 0 radical (unpaired) electrons. The van der Waals surface area contributed by atoms with E-state index in [0.29, 0.717) is 11.7 Å². The van der Waals surface area contributed by atoms with Crippen molar-refractivity contribution in [3.8, 4) is 28.3 Å². The third kappa shape index (κ3) is 4.88. The molecule has 34 heavy (non-hydrogen) atoms. The van der Waals surface area contributed by atoms with Crippen LogP contribution in [0.15, 0.2) is 89.3 Å². The Morgan fingerprint density at radius 1 is 0.941 bits per heavy atom. The lowest BCUT2D eigenvalue weighted by Crippen LogP contribution is -2.28. The molecule has 5 rings (SSSR count). The first kappa shape index (κ1) is 22.0. The average molecular weight is 453 g/mol. The van der Waals surface area contributed by atoms with Crippen LogP contribution in [0.25, 0.3) is 22.6 Å². The van der Waals surface area contributed by atoms with E-state index in [1.165, 1.54) is 0 Å². The molecule has 0 bridgehead atoms. The molecule has 5 nitrogen and oxygen atoms in total. The summed E-state index contributed by atoms with van der Waals surface area (Å²) in [4.78, 5) is 15.8. The van der Waals surface area contributed by atoms with Crippen LogP contribution in [0, 0.1) is 5.92 Å². The fraction of sp³-hybridized carbons (Fsp3) is 0.241. The maximum atomic E-state index is 10.7. The summed E-state index contributed by atoms with van der Waals surface area (Å²) in [6.07, 6.45) is 4.11.